The van der Waals surface area contributed by atoms with Crippen molar-refractivity contribution < 1.29 is 0 Å². The number of halogens is 1. The molecular weight excluding hydrogens is 234 g/mol. The molecule has 0 saturated carbocycles. The van der Waals surface area contributed by atoms with Gasteiger partial charge in [0.25, 0.3) is 0 Å². The van der Waals surface area contributed by atoms with Crippen molar-refractivity contribution >= 4 is 23.0 Å². The zero-order chi connectivity index (χ0) is 12.3. The molecule has 17 heavy (non-hydrogen) atoms. The lowest BCUT2D eigenvalue weighted by Gasteiger charge is -2.21. The minimum atomic E-state index is 0.587. The van der Waals surface area contributed by atoms with Crippen LogP contribution < -0.4 is 10.6 Å². The Hall–Kier alpha value is -1.74. The van der Waals surface area contributed by atoms with Crippen LogP contribution in [0.25, 0.3) is 0 Å². The van der Waals surface area contributed by atoms with Gasteiger partial charge >= 0.3 is 0 Å². The van der Waals surface area contributed by atoms with Crippen LogP contribution in [-0.2, 0) is 6.54 Å². The molecule has 0 aliphatic rings. The van der Waals surface area contributed by atoms with E-state index in [-0.39, 0.29) is 0 Å². The second kappa shape index (κ2) is 5.06. The first-order valence-corrected chi connectivity index (χ1v) is 5.70. The lowest BCUT2D eigenvalue weighted by Crippen LogP contribution is -2.17. The monoisotopic (exact) mass is 247 g/mol. The molecular formula is C13H14ClN3. The number of hydrogen-bond acceptors (Lipinski definition) is 3. The van der Waals surface area contributed by atoms with Crippen LogP contribution in [0.1, 0.15) is 5.56 Å². The highest BCUT2D eigenvalue weighted by atomic mass is 35.5. The summed E-state index contributed by atoms with van der Waals surface area (Å²) >= 11 is 6.00. The molecule has 3 nitrogen and oxygen atoms in total. The van der Waals surface area contributed by atoms with E-state index >= 15 is 0 Å². The molecule has 0 unspecified atom stereocenters. The van der Waals surface area contributed by atoms with Gasteiger partial charge in [0, 0.05) is 26.0 Å². The van der Waals surface area contributed by atoms with Crippen molar-refractivity contribution in [2.45, 2.75) is 6.54 Å². The van der Waals surface area contributed by atoms with Gasteiger partial charge in [-0.05, 0) is 29.8 Å². The number of benzene rings is 1. The second-order valence-electron chi connectivity index (χ2n) is 3.88. The number of para-hydroxylation sites is 1. The quantitative estimate of drug-likeness (QED) is 0.848. The maximum atomic E-state index is 6.00. The number of rotatable bonds is 3. The van der Waals surface area contributed by atoms with E-state index < -0.39 is 0 Å². The van der Waals surface area contributed by atoms with Gasteiger partial charge in [-0.25, -0.2) is 0 Å². The summed E-state index contributed by atoms with van der Waals surface area (Å²) in [5.41, 5.74) is 8.69. The number of nitrogens with two attached hydrogens (primary N) is 1. The van der Waals surface area contributed by atoms with E-state index in [1.54, 1.807) is 18.5 Å². The molecule has 1 aromatic carbocycles. The minimum absolute atomic E-state index is 0.587. The SMILES string of the molecule is CN(Cc1ccncc1)c1cccc(Cl)c1N. The summed E-state index contributed by atoms with van der Waals surface area (Å²) in [5, 5.41) is 0.587. The average Bonchev–Trinajstić information content (AvgIpc) is 2.34. The Morgan fingerprint density at radius 3 is 2.65 bits per heavy atom. The minimum Gasteiger partial charge on any atom is -0.396 e. The first kappa shape index (κ1) is 11.7. The third-order valence-corrected chi connectivity index (χ3v) is 2.94. The maximum Gasteiger partial charge on any atom is 0.0741 e. The van der Waals surface area contributed by atoms with Crippen molar-refractivity contribution in [2.75, 3.05) is 17.7 Å². The summed E-state index contributed by atoms with van der Waals surface area (Å²) in [6.07, 6.45) is 3.56. The van der Waals surface area contributed by atoms with Crippen molar-refractivity contribution in [3.63, 3.8) is 0 Å². The number of aromatic nitrogens is 1. The number of nitrogen functional groups attached to an aromatic ring is 1. The largest absolute Gasteiger partial charge is 0.396 e. The van der Waals surface area contributed by atoms with E-state index in [1.807, 2.05) is 31.3 Å². The molecule has 4 heteroatoms. The Balaban J connectivity index is 2.20. The van der Waals surface area contributed by atoms with Gasteiger partial charge in [-0.15, -0.1) is 0 Å². The summed E-state index contributed by atoms with van der Waals surface area (Å²) in [7, 11) is 1.99. The van der Waals surface area contributed by atoms with Gasteiger partial charge in [0.2, 0.25) is 0 Å². The Morgan fingerprint density at radius 2 is 1.94 bits per heavy atom. The number of pyridine rings is 1. The third kappa shape index (κ3) is 2.68. The van der Waals surface area contributed by atoms with E-state index in [0.29, 0.717) is 10.7 Å². The molecule has 0 atom stereocenters. The predicted octanol–water partition coefficient (Wildman–Crippen LogP) is 2.95. The Morgan fingerprint density at radius 1 is 1.24 bits per heavy atom. The molecule has 2 N–H and O–H groups in total. The fraction of sp³-hybridized carbons (Fsp3) is 0.154. The molecule has 0 radical (unpaired) electrons. The van der Waals surface area contributed by atoms with Gasteiger partial charge in [-0.1, -0.05) is 17.7 Å². The summed E-state index contributed by atoms with van der Waals surface area (Å²) in [6, 6.07) is 9.62. The summed E-state index contributed by atoms with van der Waals surface area (Å²) in [4.78, 5) is 6.06. The van der Waals surface area contributed by atoms with Crippen molar-refractivity contribution in [2.24, 2.45) is 0 Å². The highest BCUT2D eigenvalue weighted by Gasteiger charge is 2.08. The lowest BCUT2D eigenvalue weighted by atomic mass is 10.2. The van der Waals surface area contributed by atoms with Crippen LogP contribution in [0.3, 0.4) is 0 Å². The Labute approximate surface area is 106 Å². The fourth-order valence-electron chi connectivity index (χ4n) is 1.71. The molecule has 0 aliphatic carbocycles. The zero-order valence-electron chi connectivity index (χ0n) is 9.60. The van der Waals surface area contributed by atoms with Gasteiger partial charge in [0.1, 0.15) is 0 Å². The molecule has 0 fully saturated rings. The number of hydrogen-bond donors (Lipinski definition) is 1. The molecule has 0 bridgehead atoms. The topological polar surface area (TPSA) is 42.2 Å². The summed E-state index contributed by atoms with van der Waals surface area (Å²) in [6.45, 7) is 0.771. The summed E-state index contributed by atoms with van der Waals surface area (Å²) in [5.74, 6) is 0. The van der Waals surface area contributed by atoms with Gasteiger partial charge in [-0.2, -0.15) is 0 Å². The molecule has 0 spiro atoms. The molecule has 1 aromatic heterocycles. The number of anilines is 2. The van der Waals surface area contributed by atoms with E-state index in [2.05, 4.69) is 9.88 Å². The molecule has 88 valence electrons. The van der Waals surface area contributed by atoms with Crippen LogP contribution in [0.4, 0.5) is 11.4 Å². The first-order valence-electron chi connectivity index (χ1n) is 5.32. The van der Waals surface area contributed by atoms with Crippen LogP contribution in [0.15, 0.2) is 42.7 Å². The molecule has 0 aliphatic heterocycles. The van der Waals surface area contributed by atoms with Crippen molar-refractivity contribution in [1.82, 2.24) is 4.98 Å². The third-order valence-electron chi connectivity index (χ3n) is 2.61. The molecule has 0 saturated heterocycles. The smallest absolute Gasteiger partial charge is 0.0741 e. The van der Waals surface area contributed by atoms with Crippen LogP contribution in [0.2, 0.25) is 5.02 Å². The first-order chi connectivity index (χ1) is 8.18. The molecule has 2 aromatic rings. The van der Waals surface area contributed by atoms with Gasteiger partial charge in [0.15, 0.2) is 0 Å². The van der Waals surface area contributed by atoms with Crippen LogP contribution in [-0.4, -0.2) is 12.0 Å². The van der Waals surface area contributed by atoms with E-state index in [4.69, 9.17) is 17.3 Å². The molecule has 1 heterocycles. The Kier molecular flexibility index (Phi) is 3.49. The highest BCUT2D eigenvalue weighted by Crippen LogP contribution is 2.29. The van der Waals surface area contributed by atoms with Gasteiger partial charge in [0.05, 0.1) is 16.4 Å². The highest BCUT2D eigenvalue weighted by molar-refractivity contribution is 6.33. The lowest BCUT2D eigenvalue weighted by molar-refractivity contribution is 0.921. The van der Waals surface area contributed by atoms with Crippen molar-refractivity contribution in [3.8, 4) is 0 Å². The Bertz CT molecular complexity index is 499. The van der Waals surface area contributed by atoms with Crippen LogP contribution in [0.5, 0.6) is 0 Å². The van der Waals surface area contributed by atoms with Crippen LogP contribution in [0, 0.1) is 0 Å². The summed E-state index contributed by atoms with van der Waals surface area (Å²) < 4.78 is 0. The average molecular weight is 248 g/mol. The van der Waals surface area contributed by atoms with E-state index in [1.165, 1.54) is 5.56 Å². The predicted molar refractivity (Wildman–Crippen MR) is 72.2 cm³/mol. The van der Waals surface area contributed by atoms with E-state index in [0.717, 1.165) is 12.2 Å². The standard InChI is InChI=1S/C13H14ClN3/c1-17(9-10-5-7-16-8-6-10)12-4-2-3-11(14)13(12)15/h2-8H,9,15H2,1H3. The van der Waals surface area contributed by atoms with Crippen LogP contribution >= 0.6 is 11.6 Å². The molecule has 2 rings (SSSR count). The van der Waals surface area contributed by atoms with Crippen molar-refractivity contribution in [3.05, 3.63) is 53.3 Å². The second-order valence-corrected chi connectivity index (χ2v) is 4.29. The fourth-order valence-corrected chi connectivity index (χ4v) is 1.88. The van der Waals surface area contributed by atoms with Gasteiger partial charge in [-0.3, -0.25) is 4.98 Å². The zero-order valence-corrected chi connectivity index (χ0v) is 10.4. The normalized spacial score (nSPS) is 10.2. The van der Waals surface area contributed by atoms with Crippen molar-refractivity contribution in [1.29, 1.82) is 0 Å². The molecule has 0 amide bonds. The van der Waals surface area contributed by atoms with Gasteiger partial charge < -0.3 is 10.6 Å². The maximum absolute atomic E-state index is 6.00. The van der Waals surface area contributed by atoms with E-state index in [9.17, 15) is 0 Å². The number of nitrogens with zero attached hydrogens (tertiary/aromatic N) is 2.